The van der Waals surface area contributed by atoms with Gasteiger partial charge in [-0.05, 0) is 71.5 Å². The molecule has 0 heterocycles. The second kappa shape index (κ2) is 6.57. The second-order valence-electron chi connectivity index (χ2n) is 4.44. The lowest BCUT2D eigenvalue weighted by atomic mass is 10.2. The second-order valence-corrected chi connectivity index (χ2v) is 5.68. The van der Waals surface area contributed by atoms with Gasteiger partial charge in [0.1, 0.15) is 5.75 Å². The van der Waals surface area contributed by atoms with Crippen molar-refractivity contribution in [3.05, 3.63) is 51.6 Å². The first-order chi connectivity index (χ1) is 9.95. The summed E-state index contributed by atoms with van der Waals surface area (Å²) in [6, 6.07) is 11.8. The molecule has 2 aromatic rings. The zero-order chi connectivity index (χ0) is 15.4. The van der Waals surface area contributed by atoms with E-state index >= 15 is 0 Å². The number of nitrogens with one attached hydrogen (secondary N) is 2. The topological polar surface area (TPSA) is 78.4 Å². The summed E-state index contributed by atoms with van der Waals surface area (Å²) in [7, 11) is 0. The van der Waals surface area contributed by atoms with E-state index in [0.29, 0.717) is 5.69 Å². The van der Waals surface area contributed by atoms with Crippen molar-refractivity contribution in [1.29, 1.82) is 0 Å². The summed E-state index contributed by atoms with van der Waals surface area (Å²) in [5.41, 5.74) is 1.58. The lowest BCUT2D eigenvalue weighted by Gasteiger charge is -2.08. The van der Waals surface area contributed by atoms with Gasteiger partial charge in [0, 0.05) is 9.26 Å². The van der Waals surface area contributed by atoms with Crippen molar-refractivity contribution in [2.45, 2.75) is 6.92 Å². The molecule has 2 rings (SSSR count). The maximum Gasteiger partial charge on any atom is 0.314 e. The summed E-state index contributed by atoms with van der Waals surface area (Å²) in [6.07, 6.45) is 0. The summed E-state index contributed by atoms with van der Waals surface area (Å²) in [4.78, 5) is 23.6. The predicted molar refractivity (Wildman–Crippen MR) is 89.3 cm³/mol. The van der Waals surface area contributed by atoms with Crippen molar-refractivity contribution in [2.75, 3.05) is 10.6 Å². The number of aromatic hydroxyl groups is 1. The van der Waals surface area contributed by atoms with E-state index in [2.05, 4.69) is 33.2 Å². The van der Waals surface area contributed by atoms with Gasteiger partial charge < -0.3 is 15.7 Å². The molecule has 108 valence electrons. The molecule has 0 aromatic heterocycles. The van der Waals surface area contributed by atoms with Crippen molar-refractivity contribution < 1.29 is 14.7 Å². The molecule has 5 nitrogen and oxygen atoms in total. The molecule has 0 bridgehead atoms. The van der Waals surface area contributed by atoms with Crippen LogP contribution in [0.4, 0.5) is 11.4 Å². The minimum atomic E-state index is -0.840. The Labute approximate surface area is 135 Å². The number of halogens is 1. The van der Waals surface area contributed by atoms with Gasteiger partial charge in [0.25, 0.3) is 0 Å². The number of rotatable bonds is 2. The molecule has 0 radical (unpaired) electrons. The molecule has 0 aliphatic heterocycles. The standard InChI is InChI=1S/C15H13IN2O3/c1-9-2-7-12(13(19)8-9)18-15(21)14(20)17-11-5-3-10(16)4-6-11/h2-8,19H,1H3,(H,17,20)(H,18,21). The van der Waals surface area contributed by atoms with Crippen LogP contribution >= 0.6 is 22.6 Å². The van der Waals surface area contributed by atoms with E-state index < -0.39 is 11.8 Å². The van der Waals surface area contributed by atoms with Gasteiger partial charge in [0.2, 0.25) is 0 Å². The molecule has 21 heavy (non-hydrogen) atoms. The molecular formula is C15H13IN2O3. The van der Waals surface area contributed by atoms with Crippen LogP contribution in [0.2, 0.25) is 0 Å². The SMILES string of the molecule is Cc1ccc(NC(=O)C(=O)Nc2ccc(I)cc2)c(O)c1. The summed E-state index contributed by atoms with van der Waals surface area (Å²) in [5, 5.41) is 14.5. The lowest BCUT2D eigenvalue weighted by Crippen LogP contribution is -2.29. The average molecular weight is 396 g/mol. The van der Waals surface area contributed by atoms with Crippen LogP contribution < -0.4 is 10.6 Å². The molecule has 2 aromatic carbocycles. The highest BCUT2D eigenvalue weighted by Crippen LogP contribution is 2.23. The van der Waals surface area contributed by atoms with Gasteiger partial charge in [-0.1, -0.05) is 6.07 Å². The number of carbonyl (C=O) groups is 2. The fraction of sp³-hybridized carbons (Fsp3) is 0.0667. The van der Waals surface area contributed by atoms with Crippen LogP contribution in [0.15, 0.2) is 42.5 Å². The molecule has 0 saturated carbocycles. The van der Waals surface area contributed by atoms with Crippen LogP contribution in [-0.2, 0) is 9.59 Å². The highest BCUT2D eigenvalue weighted by atomic mass is 127. The van der Waals surface area contributed by atoms with E-state index in [4.69, 9.17) is 0 Å². The Bertz CT molecular complexity index is 684. The molecule has 0 atom stereocenters. The van der Waals surface area contributed by atoms with Crippen molar-refractivity contribution >= 4 is 45.8 Å². The lowest BCUT2D eigenvalue weighted by molar-refractivity contribution is -0.133. The quantitative estimate of drug-likeness (QED) is 0.415. The number of phenolic OH excluding ortho intramolecular Hbond substituents is 1. The monoisotopic (exact) mass is 396 g/mol. The Hall–Kier alpha value is -2.09. The first kappa shape index (κ1) is 15.3. The van der Waals surface area contributed by atoms with Gasteiger partial charge in [-0.25, -0.2) is 0 Å². The molecule has 2 amide bonds. The van der Waals surface area contributed by atoms with E-state index in [9.17, 15) is 14.7 Å². The number of amides is 2. The third-order valence-electron chi connectivity index (χ3n) is 2.71. The van der Waals surface area contributed by atoms with E-state index in [1.165, 1.54) is 6.07 Å². The van der Waals surface area contributed by atoms with Gasteiger partial charge in [-0.2, -0.15) is 0 Å². The maximum atomic E-state index is 11.8. The van der Waals surface area contributed by atoms with Crippen molar-refractivity contribution in [3.8, 4) is 5.75 Å². The highest BCUT2D eigenvalue weighted by Gasteiger charge is 2.15. The Morgan fingerprint density at radius 1 is 1.00 bits per heavy atom. The number of carbonyl (C=O) groups excluding carboxylic acids is 2. The first-order valence-electron chi connectivity index (χ1n) is 6.13. The summed E-state index contributed by atoms with van der Waals surface area (Å²) in [5.74, 6) is -1.71. The Balaban J connectivity index is 2.02. The molecule has 0 spiro atoms. The predicted octanol–water partition coefficient (Wildman–Crippen LogP) is 2.88. The molecule has 0 saturated heterocycles. The molecule has 6 heteroatoms. The van der Waals surface area contributed by atoms with Crippen LogP contribution in [0.25, 0.3) is 0 Å². The van der Waals surface area contributed by atoms with Crippen LogP contribution in [0.5, 0.6) is 5.75 Å². The van der Waals surface area contributed by atoms with Gasteiger partial charge in [0.05, 0.1) is 5.69 Å². The highest BCUT2D eigenvalue weighted by molar-refractivity contribution is 14.1. The van der Waals surface area contributed by atoms with Crippen molar-refractivity contribution in [3.63, 3.8) is 0 Å². The zero-order valence-electron chi connectivity index (χ0n) is 11.2. The smallest absolute Gasteiger partial charge is 0.314 e. The van der Waals surface area contributed by atoms with Crippen LogP contribution in [0.1, 0.15) is 5.56 Å². The van der Waals surface area contributed by atoms with Gasteiger partial charge in [-0.3, -0.25) is 9.59 Å². The Morgan fingerprint density at radius 3 is 2.24 bits per heavy atom. The summed E-state index contributed by atoms with van der Waals surface area (Å²) >= 11 is 2.15. The zero-order valence-corrected chi connectivity index (χ0v) is 13.3. The molecule has 0 fully saturated rings. The summed E-state index contributed by atoms with van der Waals surface area (Å²) in [6.45, 7) is 1.81. The molecular weight excluding hydrogens is 383 g/mol. The van der Waals surface area contributed by atoms with E-state index in [-0.39, 0.29) is 11.4 Å². The normalized spacial score (nSPS) is 10.0. The Kier molecular flexibility index (Phi) is 4.79. The number of hydrogen-bond donors (Lipinski definition) is 3. The van der Waals surface area contributed by atoms with Gasteiger partial charge >= 0.3 is 11.8 Å². The maximum absolute atomic E-state index is 11.8. The molecule has 3 N–H and O–H groups in total. The van der Waals surface area contributed by atoms with Gasteiger partial charge in [0.15, 0.2) is 0 Å². The van der Waals surface area contributed by atoms with E-state index in [1.54, 1.807) is 24.3 Å². The third-order valence-corrected chi connectivity index (χ3v) is 3.43. The Morgan fingerprint density at radius 2 is 1.62 bits per heavy atom. The number of aryl methyl sites for hydroxylation is 1. The average Bonchev–Trinajstić information content (AvgIpc) is 2.44. The summed E-state index contributed by atoms with van der Waals surface area (Å²) < 4.78 is 1.03. The number of benzene rings is 2. The minimum Gasteiger partial charge on any atom is -0.506 e. The van der Waals surface area contributed by atoms with Crippen LogP contribution in [0.3, 0.4) is 0 Å². The van der Waals surface area contributed by atoms with Gasteiger partial charge in [-0.15, -0.1) is 0 Å². The fourth-order valence-electron chi connectivity index (χ4n) is 1.65. The van der Waals surface area contributed by atoms with E-state index in [0.717, 1.165) is 9.13 Å². The number of phenols is 1. The van der Waals surface area contributed by atoms with Crippen molar-refractivity contribution in [2.24, 2.45) is 0 Å². The van der Waals surface area contributed by atoms with Crippen LogP contribution in [0, 0.1) is 10.5 Å². The third kappa shape index (κ3) is 4.19. The molecule has 0 aliphatic rings. The number of hydrogen-bond acceptors (Lipinski definition) is 3. The fourth-order valence-corrected chi connectivity index (χ4v) is 2.01. The largest absolute Gasteiger partial charge is 0.506 e. The van der Waals surface area contributed by atoms with Crippen LogP contribution in [-0.4, -0.2) is 16.9 Å². The molecule has 0 aliphatic carbocycles. The first-order valence-corrected chi connectivity index (χ1v) is 7.21. The minimum absolute atomic E-state index is 0.0783. The van der Waals surface area contributed by atoms with Crippen molar-refractivity contribution in [1.82, 2.24) is 0 Å². The number of anilines is 2. The van der Waals surface area contributed by atoms with E-state index in [1.807, 2.05) is 19.1 Å². The molecule has 0 unspecified atom stereocenters.